The maximum absolute atomic E-state index is 12.4. The number of carbonyl (C=O) groups is 2. The molecule has 126 valence electrons. The number of methoxy groups -OCH3 is 1. The van der Waals surface area contributed by atoms with Gasteiger partial charge in [-0.1, -0.05) is 27.7 Å². The van der Waals surface area contributed by atoms with Gasteiger partial charge in [0.1, 0.15) is 0 Å². The van der Waals surface area contributed by atoms with E-state index in [1.54, 1.807) is 18.2 Å². The summed E-state index contributed by atoms with van der Waals surface area (Å²) in [5.41, 5.74) is 0. The molecule has 10 heteroatoms. The molecule has 0 spiro atoms. The summed E-state index contributed by atoms with van der Waals surface area (Å²) in [7, 11) is 5.47. The molecular formula is C13H17Cl2N4O3S+. The predicted molar refractivity (Wildman–Crippen MR) is 90.9 cm³/mol. The van der Waals surface area contributed by atoms with Crippen molar-refractivity contribution in [3.63, 3.8) is 0 Å². The second-order valence-corrected chi connectivity index (χ2v) is 6.47. The number of amides is 4. The number of imide groups is 1. The normalized spacial score (nSPS) is 13.0. The van der Waals surface area contributed by atoms with Gasteiger partial charge in [0.2, 0.25) is 0 Å². The molecule has 1 aromatic rings. The van der Waals surface area contributed by atoms with Gasteiger partial charge in [-0.2, -0.15) is 0 Å². The van der Waals surface area contributed by atoms with E-state index in [0.29, 0.717) is 14.9 Å². The summed E-state index contributed by atoms with van der Waals surface area (Å²) < 4.78 is 6.32. The number of hydrogen-bond acceptors (Lipinski definition) is 5. The molecule has 0 aliphatic heterocycles. The van der Waals surface area contributed by atoms with Crippen molar-refractivity contribution in [3.05, 3.63) is 28.2 Å². The highest BCUT2D eigenvalue weighted by Crippen LogP contribution is 2.27. The van der Waals surface area contributed by atoms with E-state index in [-0.39, 0.29) is 0 Å². The summed E-state index contributed by atoms with van der Waals surface area (Å²) >= 11 is 12.7. The van der Waals surface area contributed by atoms with Crippen molar-refractivity contribution in [2.45, 2.75) is 4.90 Å². The number of nitrogens with zero attached hydrogens (tertiary/aromatic N) is 2. The van der Waals surface area contributed by atoms with Crippen molar-refractivity contribution in [2.24, 2.45) is 0 Å². The Morgan fingerprint density at radius 3 is 2.39 bits per heavy atom. The lowest BCUT2D eigenvalue weighted by atomic mass is 10.4. The Labute approximate surface area is 148 Å². The average molecular weight is 380 g/mol. The number of nitrogens with one attached hydrogen (secondary N) is 2. The van der Waals surface area contributed by atoms with E-state index < -0.39 is 22.6 Å². The maximum atomic E-state index is 12.4. The van der Waals surface area contributed by atoms with Crippen molar-refractivity contribution in [1.29, 1.82) is 5.41 Å². The number of urea groups is 2. The molecule has 0 radical (unpaired) electrons. The molecule has 1 unspecified atom stereocenters. The van der Waals surface area contributed by atoms with E-state index in [2.05, 4.69) is 4.72 Å². The number of rotatable bonds is 2. The highest BCUT2D eigenvalue weighted by molar-refractivity contribution is 7.98. The Hall–Kier alpha value is -1.48. The second kappa shape index (κ2) is 7.87. The van der Waals surface area contributed by atoms with Crippen LogP contribution in [0.5, 0.6) is 0 Å². The summed E-state index contributed by atoms with van der Waals surface area (Å²) in [6, 6.07) is 2.98. The quantitative estimate of drug-likeness (QED) is 0.357. The highest BCUT2D eigenvalue weighted by atomic mass is 35.5. The molecule has 0 saturated heterocycles. The van der Waals surface area contributed by atoms with Crippen LogP contribution in [0.1, 0.15) is 0 Å². The number of ether oxygens (including phenoxy) is 1. The largest absolute Gasteiger partial charge is 0.444 e. The molecule has 4 amide bonds. The van der Waals surface area contributed by atoms with E-state index in [1.807, 2.05) is 0 Å². The number of benzene rings is 1. The van der Waals surface area contributed by atoms with E-state index in [1.165, 1.54) is 33.2 Å². The summed E-state index contributed by atoms with van der Waals surface area (Å²) in [6.07, 6.45) is 0. The molecular weight excluding hydrogens is 363 g/mol. The zero-order valence-corrected chi connectivity index (χ0v) is 15.3. The Kier molecular flexibility index (Phi) is 6.69. The van der Waals surface area contributed by atoms with Crippen LogP contribution in [-0.4, -0.2) is 55.7 Å². The van der Waals surface area contributed by atoms with Crippen LogP contribution >= 0.6 is 35.1 Å². The SMILES string of the molecule is COC(=N)[N+](C)(C(=O)NSc1ccc(Cl)c(Cl)c1)C(=O)N(C)C. The Morgan fingerprint density at radius 2 is 1.91 bits per heavy atom. The van der Waals surface area contributed by atoms with Crippen molar-refractivity contribution < 1.29 is 18.8 Å². The van der Waals surface area contributed by atoms with Crippen LogP contribution < -0.4 is 4.72 Å². The molecule has 1 atom stereocenters. The molecule has 23 heavy (non-hydrogen) atoms. The Bertz CT molecular complexity index is 642. The van der Waals surface area contributed by atoms with Crippen molar-refractivity contribution >= 4 is 53.2 Å². The smallest absolute Gasteiger partial charge is 0.439 e. The first-order valence-corrected chi connectivity index (χ1v) is 7.85. The molecule has 0 fully saturated rings. The fourth-order valence-corrected chi connectivity index (χ4v) is 2.65. The predicted octanol–water partition coefficient (Wildman–Crippen LogP) is 3.42. The number of carbonyl (C=O) groups excluding carboxylic acids is 2. The lowest BCUT2D eigenvalue weighted by Crippen LogP contribution is -2.63. The third-order valence-electron chi connectivity index (χ3n) is 2.92. The maximum Gasteiger partial charge on any atom is 0.444 e. The van der Waals surface area contributed by atoms with Crippen LogP contribution in [0.4, 0.5) is 9.59 Å². The highest BCUT2D eigenvalue weighted by Gasteiger charge is 2.48. The molecule has 0 aliphatic carbocycles. The first-order chi connectivity index (χ1) is 10.6. The monoisotopic (exact) mass is 379 g/mol. The van der Waals surface area contributed by atoms with Crippen LogP contribution in [0, 0.1) is 5.41 Å². The fraction of sp³-hybridized carbons (Fsp3) is 0.308. The molecule has 1 aromatic carbocycles. The summed E-state index contributed by atoms with van der Waals surface area (Å²) in [5.74, 6) is 0. The molecule has 0 heterocycles. The summed E-state index contributed by atoms with van der Waals surface area (Å²) in [6.45, 7) is 0. The number of amidine groups is 1. The molecule has 0 aliphatic rings. The van der Waals surface area contributed by atoms with Gasteiger partial charge in [-0.05, 0) is 30.1 Å². The minimum Gasteiger partial charge on any atom is -0.439 e. The van der Waals surface area contributed by atoms with E-state index in [9.17, 15) is 9.59 Å². The van der Waals surface area contributed by atoms with Crippen LogP contribution in [0.2, 0.25) is 10.0 Å². The fourth-order valence-electron chi connectivity index (χ4n) is 1.58. The molecule has 0 saturated carbocycles. The van der Waals surface area contributed by atoms with Gasteiger partial charge in [0.25, 0.3) is 0 Å². The van der Waals surface area contributed by atoms with Gasteiger partial charge in [0, 0.05) is 19.0 Å². The lowest BCUT2D eigenvalue weighted by Gasteiger charge is -2.28. The molecule has 2 N–H and O–H groups in total. The number of quaternary nitrogens is 1. The lowest BCUT2D eigenvalue weighted by molar-refractivity contribution is -0.662. The van der Waals surface area contributed by atoms with E-state index in [4.69, 9.17) is 33.3 Å². The third kappa shape index (κ3) is 4.29. The van der Waals surface area contributed by atoms with Gasteiger partial charge in [0.05, 0.1) is 24.2 Å². The van der Waals surface area contributed by atoms with E-state index >= 15 is 0 Å². The minimum atomic E-state index is -0.988. The van der Waals surface area contributed by atoms with Crippen LogP contribution in [-0.2, 0) is 4.74 Å². The van der Waals surface area contributed by atoms with Crippen LogP contribution in [0.25, 0.3) is 0 Å². The van der Waals surface area contributed by atoms with Crippen molar-refractivity contribution in [3.8, 4) is 0 Å². The first-order valence-electron chi connectivity index (χ1n) is 6.28. The van der Waals surface area contributed by atoms with Gasteiger partial charge in [-0.3, -0.25) is 4.90 Å². The van der Waals surface area contributed by atoms with E-state index in [0.717, 1.165) is 11.9 Å². The first kappa shape index (κ1) is 19.6. The number of hydrogen-bond donors (Lipinski definition) is 2. The van der Waals surface area contributed by atoms with Crippen LogP contribution in [0.3, 0.4) is 0 Å². The van der Waals surface area contributed by atoms with Crippen molar-refractivity contribution in [1.82, 2.24) is 9.62 Å². The van der Waals surface area contributed by atoms with Gasteiger partial charge < -0.3 is 4.74 Å². The molecule has 0 bridgehead atoms. The second-order valence-electron chi connectivity index (χ2n) is 4.78. The molecule has 1 rings (SSSR count). The third-order valence-corrected chi connectivity index (χ3v) is 4.42. The topological polar surface area (TPSA) is 82.5 Å². The van der Waals surface area contributed by atoms with Crippen molar-refractivity contribution in [2.75, 3.05) is 28.3 Å². The minimum absolute atomic E-state index is 0.345. The summed E-state index contributed by atoms with van der Waals surface area (Å²) in [4.78, 5) is 26.6. The van der Waals surface area contributed by atoms with Gasteiger partial charge in [0.15, 0.2) is 0 Å². The van der Waals surface area contributed by atoms with Gasteiger partial charge >= 0.3 is 18.1 Å². The zero-order valence-electron chi connectivity index (χ0n) is 13.0. The van der Waals surface area contributed by atoms with Gasteiger partial charge in [-0.15, -0.1) is 0 Å². The summed E-state index contributed by atoms with van der Waals surface area (Å²) in [5, 5.41) is 8.52. The Balaban J connectivity index is 2.96. The zero-order chi connectivity index (χ0) is 17.8. The van der Waals surface area contributed by atoms with Gasteiger partial charge in [-0.25, -0.2) is 19.7 Å². The molecule has 0 aromatic heterocycles. The Morgan fingerprint density at radius 1 is 1.30 bits per heavy atom. The average Bonchev–Trinajstić information content (AvgIpc) is 2.52. The van der Waals surface area contributed by atoms with Crippen LogP contribution in [0.15, 0.2) is 23.1 Å². The standard InChI is InChI=1S/C13H16Cl2N4O3S/c1-18(2)13(21)19(3,11(16)22-4)12(20)17-23-8-5-6-9(14)10(15)7-8/h5-7,16H,1-4H3/p+1. The number of halogens is 2. The molecule has 7 nitrogen and oxygen atoms in total.